The zero-order valence-electron chi connectivity index (χ0n) is 10.4. The highest BCUT2D eigenvalue weighted by Gasteiger charge is 2.13. The van der Waals surface area contributed by atoms with Gasteiger partial charge >= 0.3 is 0 Å². The SMILES string of the molecule is Cc1csc(-c2coc3cc(O)c(C)cc3c2=O)n1. The van der Waals surface area contributed by atoms with E-state index in [9.17, 15) is 9.90 Å². The first-order chi connectivity index (χ1) is 9.06. The summed E-state index contributed by atoms with van der Waals surface area (Å²) in [6.07, 6.45) is 1.40. The number of nitrogens with zero attached hydrogens (tertiary/aromatic N) is 1. The molecule has 0 bridgehead atoms. The summed E-state index contributed by atoms with van der Waals surface area (Å²) in [5.41, 5.74) is 2.23. The second-order valence-corrected chi connectivity index (χ2v) is 5.27. The van der Waals surface area contributed by atoms with E-state index in [2.05, 4.69) is 4.98 Å². The van der Waals surface area contributed by atoms with E-state index in [1.807, 2.05) is 12.3 Å². The molecule has 19 heavy (non-hydrogen) atoms. The molecule has 2 heterocycles. The van der Waals surface area contributed by atoms with Crippen molar-refractivity contribution in [1.29, 1.82) is 0 Å². The molecule has 1 N–H and O–H groups in total. The van der Waals surface area contributed by atoms with E-state index < -0.39 is 0 Å². The van der Waals surface area contributed by atoms with E-state index in [4.69, 9.17) is 4.42 Å². The summed E-state index contributed by atoms with van der Waals surface area (Å²) in [6.45, 7) is 3.62. The maximum Gasteiger partial charge on any atom is 0.202 e. The largest absolute Gasteiger partial charge is 0.508 e. The maximum absolute atomic E-state index is 12.4. The van der Waals surface area contributed by atoms with Crippen molar-refractivity contribution in [2.75, 3.05) is 0 Å². The summed E-state index contributed by atoms with van der Waals surface area (Å²) in [5.74, 6) is 0.119. The molecule has 3 rings (SSSR count). The number of fused-ring (bicyclic) bond motifs is 1. The fourth-order valence-electron chi connectivity index (χ4n) is 1.90. The molecule has 96 valence electrons. The summed E-state index contributed by atoms with van der Waals surface area (Å²) in [4.78, 5) is 16.7. The van der Waals surface area contributed by atoms with Crippen molar-refractivity contribution in [3.63, 3.8) is 0 Å². The van der Waals surface area contributed by atoms with Crippen LogP contribution in [0.15, 0.2) is 33.0 Å². The Morgan fingerprint density at radius 1 is 1.32 bits per heavy atom. The predicted molar refractivity (Wildman–Crippen MR) is 74.7 cm³/mol. The van der Waals surface area contributed by atoms with Crippen LogP contribution < -0.4 is 5.43 Å². The first-order valence-corrected chi connectivity index (χ1v) is 6.62. The molecule has 0 aliphatic carbocycles. The van der Waals surface area contributed by atoms with E-state index in [-0.39, 0.29) is 11.2 Å². The van der Waals surface area contributed by atoms with Crippen LogP contribution in [-0.2, 0) is 0 Å². The van der Waals surface area contributed by atoms with Gasteiger partial charge in [-0.05, 0) is 25.5 Å². The van der Waals surface area contributed by atoms with Gasteiger partial charge in [0.2, 0.25) is 5.43 Å². The van der Waals surface area contributed by atoms with Crippen LogP contribution in [0.4, 0.5) is 0 Å². The number of hydrogen-bond donors (Lipinski definition) is 1. The van der Waals surface area contributed by atoms with Crippen LogP contribution in [0.2, 0.25) is 0 Å². The molecule has 0 radical (unpaired) electrons. The molecule has 0 unspecified atom stereocenters. The third-order valence-electron chi connectivity index (χ3n) is 2.94. The van der Waals surface area contributed by atoms with Gasteiger partial charge in [0, 0.05) is 17.1 Å². The Bertz CT molecular complexity index is 832. The van der Waals surface area contributed by atoms with Crippen molar-refractivity contribution in [2.24, 2.45) is 0 Å². The van der Waals surface area contributed by atoms with E-state index >= 15 is 0 Å². The number of hydrogen-bond acceptors (Lipinski definition) is 5. The standard InChI is InChI=1S/C14H11NO3S/c1-7-3-9-12(4-11(7)16)18-5-10(13(9)17)14-15-8(2)6-19-14/h3-6,16H,1-2H3. The minimum absolute atomic E-state index is 0.119. The number of phenols is 1. The van der Waals surface area contributed by atoms with Crippen LogP contribution in [0.5, 0.6) is 5.75 Å². The highest BCUT2D eigenvalue weighted by atomic mass is 32.1. The number of aromatic nitrogens is 1. The third-order valence-corrected chi connectivity index (χ3v) is 3.93. The first kappa shape index (κ1) is 11.9. The molecular weight excluding hydrogens is 262 g/mol. The summed E-state index contributed by atoms with van der Waals surface area (Å²) in [7, 11) is 0. The Morgan fingerprint density at radius 3 is 2.79 bits per heavy atom. The average Bonchev–Trinajstić information content (AvgIpc) is 2.79. The quantitative estimate of drug-likeness (QED) is 0.739. The maximum atomic E-state index is 12.4. The number of aryl methyl sites for hydroxylation is 2. The van der Waals surface area contributed by atoms with Gasteiger partial charge in [0.1, 0.15) is 22.6 Å². The van der Waals surface area contributed by atoms with Gasteiger partial charge in [-0.15, -0.1) is 11.3 Å². The Morgan fingerprint density at radius 2 is 2.11 bits per heavy atom. The fraction of sp³-hybridized carbons (Fsp3) is 0.143. The van der Waals surface area contributed by atoms with E-state index in [1.54, 1.807) is 13.0 Å². The lowest BCUT2D eigenvalue weighted by Crippen LogP contribution is -2.04. The average molecular weight is 273 g/mol. The van der Waals surface area contributed by atoms with Crippen LogP contribution in [-0.4, -0.2) is 10.1 Å². The molecule has 0 aliphatic heterocycles. The fourth-order valence-corrected chi connectivity index (χ4v) is 2.70. The lowest BCUT2D eigenvalue weighted by molar-refractivity contribution is 0.470. The van der Waals surface area contributed by atoms with Crippen molar-refractivity contribution in [3.8, 4) is 16.3 Å². The molecule has 0 saturated heterocycles. The number of phenolic OH excluding ortho intramolecular Hbond substituents is 1. The zero-order valence-corrected chi connectivity index (χ0v) is 11.2. The Labute approximate surface area is 113 Å². The predicted octanol–water partition coefficient (Wildman–Crippen LogP) is 3.24. The second-order valence-electron chi connectivity index (χ2n) is 4.41. The number of rotatable bonds is 1. The number of benzene rings is 1. The molecular formula is C14H11NO3S. The van der Waals surface area contributed by atoms with Crippen molar-refractivity contribution in [2.45, 2.75) is 13.8 Å². The molecule has 0 saturated carbocycles. The van der Waals surface area contributed by atoms with Crippen molar-refractivity contribution >= 4 is 22.3 Å². The van der Waals surface area contributed by atoms with Gasteiger partial charge < -0.3 is 9.52 Å². The molecule has 3 aromatic rings. The summed E-state index contributed by atoms with van der Waals surface area (Å²) in [5, 5.41) is 12.6. The van der Waals surface area contributed by atoms with Crippen LogP contribution in [0.1, 0.15) is 11.3 Å². The Balaban J connectivity index is 2.32. The van der Waals surface area contributed by atoms with E-state index in [0.717, 1.165) is 5.69 Å². The molecule has 0 spiro atoms. The lowest BCUT2D eigenvalue weighted by Gasteiger charge is -2.03. The molecule has 0 amide bonds. The third kappa shape index (κ3) is 1.92. The molecule has 0 atom stereocenters. The Hall–Kier alpha value is -2.14. The van der Waals surface area contributed by atoms with Crippen molar-refractivity contribution < 1.29 is 9.52 Å². The second kappa shape index (κ2) is 4.20. The van der Waals surface area contributed by atoms with Gasteiger partial charge in [0.15, 0.2) is 0 Å². The van der Waals surface area contributed by atoms with Crippen molar-refractivity contribution in [3.05, 3.63) is 45.3 Å². The topological polar surface area (TPSA) is 63.3 Å². The monoisotopic (exact) mass is 273 g/mol. The summed E-state index contributed by atoms with van der Waals surface area (Å²) in [6, 6.07) is 3.10. The number of aromatic hydroxyl groups is 1. The smallest absolute Gasteiger partial charge is 0.202 e. The van der Waals surface area contributed by atoms with Gasteiger partial charge in [-0.3, -0.25) is 4.79 Å². The highest BCUT2D eigenvalue weighted by Crippen LogP contribution is 2.26. The molecule has 4 nitrogen and oxygen atoms in total. The zero-order chi connectivity index (χ0) is 13.6. The van der Waals surface area contributed by atoms with Crippen molar-refractivity contribution in [1.82, 2.24) is 4.98 Å². The molecule has 5 heteroatoms. The number of thiazole rings is 1. The van der Waals surface area contributed by atoms with E-state index in [1.165, 1.54) is 23.7 Å². The molecule has 0 fully saturated rings. The van der Waals surface area contributed by atoms with Gasteiger partial charge in [-0.1, -0.05) is 0 Å². The van der Waals surface area contributed by atoms with Crippen LogP contribution in [0.3, 0.4) is 0 Å². The minimum atomic E-state index is -0.126. The van der Waals surface area contributed by atoms with Gasteiger partial charge in [-0.2, -0.15) is 0 Å². The van der Waals surface area contributed by atoms with Crippen LogP contribution in [0.25, 0.3) is 21.5 Å². The summed E-state index contributed by atoms with van der Waals surface area (Å²) < 4.78 is 5.43. The van der Waals surface area contributed by atoms with Gasteiger partial charge in [0.25, 0.3) is 0 Å². The molecule has 0 aliphatic rings. The Kier molecular flexibility index (Phi) is 2.64. The van der Waals surface area contributed by atoms with Gasteiger partial charge in [0.05, 0.1) is 10.9 Å². The van der Waals surface area contributed by atoms with E-state index in [0.29, 0.717) is 27.1 Å². The van der Waals surface area contributed by atoms with Crippen LogP contribution >= 0.6 is 11.3 Å². The summed E-state index contributed by atoms with van der Waals surface area (Å²) >= 11 is 1.41. The molecule has 2 aromatic heterocycles. The first-order valence-electron chi connectivity index (χ1n) is 5.74. The normalized spacial score (nSPS) is 11.1. The van der Waals surface area contributed by atoms with Gasteiger partial charge in [-0.25, -0.2) is 4.98 Å². The highest BCUT2D eigenvalue weighted by molar-refractivity contribution is 7.13. The van der Waals surface area contributed by atoms with Crippen LogP contribution in [0, 0.1) is 13.8 Å². The molecule has 1 aromatic carbocycles. The minimum Gasteiger partial charge on any atom is -0.508 e. The lowest BCUT2D eigenvalue weighted by atomic mass is 10.1.